The lowest BCUT2D eigenvalue weighted by Crippen LogP contribution is -2.40. The van der Waals surface area contributed by atoms with Crippen LogP contribution in [0.1, 0.15) is 46.5 Å². The average molecular weight is 539 g/mol. The van der Waals surface area contributed by atoms with Crippen molar-refractivity contribution in [3.63, 3.8) is 0 Å². The summed E-state index contributed by atoms with van der Waals surface area (Å²) in [5.74, 6) is -2.04. The molecule has 1 fully saturated rings. The molecule has 2 aromatic heterocycles. The predicted octanol–water partition coefficient (Wildman–Crippen LogP) is 4.16. The van der Waals surface area contributed by atoms with Crippen molar-refractivity contribution in [1.29, 1.82) is 0 Å². The number of anilines is 3. The second kappa shape index (κ2) is 10.5. The molecule has 37 heavy (non-hydrogen) atoms. The van der Waals surface area contributed by atoms with Gasteiger partial charge in [0.2, 0.25) is 5.95 Å². The highest BCUT2D eigenvalue weighted by atomic mass is 35.5. The summed E-state index contributed by atoms with van der Waals surface area (Å²) in [6.45, 7) is 6.01. The lowest BCUT2D eigenvalue weighted by molar-refractivity contribution is -0.0222. The van der Waals surface area contributed by atoms with Gasteiger partial charge in [-0.25, -0.2) is 18.6 Å². The molecule has 3 N–H and O–H groups in total. The molecule has 12 heteroatoms. The number of fused-ring (bicyclic) bond motifs is 1. The molecule has 1 aromatic carbocycles. The molecule has 0 saturated carbocycles. The topological polar surface area (TPSA) is 108 Å². The van der Waals surface area contributed by atoms with Crippen LogP contribution < -0.4 is 15.9 Å². The fraction of sp³-hybridized carbons (Fsp3) is 0.560. The number of rotatable bonds is 9. The molecule has 0 spiro atoms. The van der Waals surface area contributed by atoms with Crippen LogP contribution in [0.25, 0.3) is 11.0 Å². The minimum atomic E-state index is -2.67. The summed E-state index contributed by atoms with van der Waals surface area (Å²) in [5.41, 5.74) is 0.812. The molecule has 202 valence electrons. The lowest BCUT2D eigenvalue weighted by Gasteiger charge is -2.31. The van der Waals surface area contributed by atoms with Gasteiger partial charge in [-0.05, 0) is 51.8 Å². The van der Waals surface area contributed by atoms with Gasteiger partial charge in [0.15, 0.2) is 5.82 Å². The van der Waals surface area contributed by atoms with E-state index in [-0.39, 0.29) is 36.6 Å². The summed E-state index contributed by atoms with van der Waals surface area (Å²) in [5, 5.41) is 23.4. The maximum atomic E-state index is 13.6. The second-order valence-electron chi connectivity index (χ2n) is 10.3. The Morgan fingerprint density at radius 1 is 1.19 bits per heavy atom. The van der Waals surface area contributed by atoms with E-state index < -0.39 is 17.6 Å². The number of alkyl halides is 2. The van der Waals surface area contributed by atoms with Gasteiger partial charge in [-0.1, -0.05) is 11.6 Å². The van der Waals surface area contributed by atoms with Crippen LogP contribution >= 0.6 is 11.6 Å². The van der Waals surface area contributed by atoms with E-state index in [0.29, 0.717) is 54.4 Å². The van der Waals surface area contributed by atoms with E-state index in [1.165, 1.54) is 6.20 Å². The SMILES string of the molecule is CC(O)CCn1c(=O)n(CCC(C)(C)O)c2cc(Nc3nc(N4CCC(F)(F)CC4)ncc3Cl)ccc21. The fourth-order valence-corrected chi connectivity index (χ4v) is 4.44. The molecule has 3 heterocycles. The van der Waals surface area contributed by atoms with Gasteiger partial charge in [0.1, 0.15) is 5.02 Å². The highest BCUT2D eigenvalue weighted by Crippen LogP contribution is 2.31. The first kappa shape index (κ1) is 27.3. The second-order valence-corrected chi connectivity index (χ2v) is 10.7. The third kappa shape index (κ3) is 6.58. The summed E-state index contributed by atoms with van der Waals surface area (Å²) in [7, 11) is 0. The van der Waals surface area contributed by atoms with Crippen molar-refractivity contribution in [1.82, 2.24) is 19.1 Å². The monoisotopic (exact) mass is 538 g/mol. The first-order valence-corrected chi connectivity index (χ1v) is 12.8. The molecule has 1 atom stereocenters. The fourth-order valence-electron chi connectivity index (χ4n) is 4.30. The molecule has 0 radical (unpaired) electrons. The van der Waals surface area contributed by atoms with Crippen LogP contribution in [0.3, 0.4) is 0 Å². The normalized spacial score (nSPS) is 16.8. The molecular formula is C25H33ClF2N6O3. The van der Waals surface area contributed by atoms with Gasteiger partial charge in [-0.3, -0.25) is 9.13 Å². The van der Waals surface area contributed by atoms with Crippen LogP contribution in [0, 0.1) is 0 Å². The maximum absolute atomic E-state index is 13.6. The number of imidazole rings is 1. The summed E-state index contributed by atoms with van der Waals surface area (Å²) >= 11 is 6.34. The molecule has 1 saturated heterocycles. The predicted molar refractivity (Wildman–Crippen MR) is 140 cm³/mol. The van der Waals surface area contributed by atoms with Crippen LogP contribution in [0.4, 0.5) is 26.2 Å². The Kier molecular flexibility index (Phi) is 7.77. The summed E-state index contributed by atoms with van der Waals surface area (Å²) in [4.78, 5) is 23.6. The highest BCUT2D eigenvalue weighted by Gasteiger charge is 2.35. The zero-order valence-electron chi connectivity index (χ0n) is 21.2. The third-order valence-corrected chi connectivity index (χ3v) is 6.79. The number of aryl methyl sites for hydroxylation is 2. The number of halogens is 3. The van der Waals surface area contributed by atoms with Gasteiger partial charge in [-0.15, -0.1) is 0 Å². The quantitative estimate of drug-likeness (QED) is 0.375. The average Bonchev–Trinajstić information content (AvgIpc) is 3.07. The molecular weight excluding hydrogens is 506 g/mol. The molecule has 4 rings (SSSR count). The number of nitrogens with one attached hydrogen (secondary N) is 1. The van der Waals surface area contributed by atoms with E-state index in [9.17, 15) is 23.8 Å². The largest absolute Gasteiger partial charge is 0.393 e. The van der Waals surface area contributed by atoms with Gasteiger partial charge < -0.3 is 20.4 Å². The number of benzene rings is 1. The molecule has 0 bridgehead atoms. The Labute approximate surface area is 218 Å². The zero-order chi connectivity index (χ0) is 27.0. The summed E-state index contributed by atoms with van der Waals surface area (Å²) in [6, 6.07) is 5.41. The summed E-state index contributed by atoms with van der Waals surface area (Å²) < 4.78 is 30.4. The standard InChI is InChI=1S/C25H33ClF2N6O3/c1-16(35)6-10-33-19-5-4-17(14-20(19)34(23(33)36)13-7-24(2,3)37)30-21-18(26)15-29-22(31-21)32-11-8-25(27,28)9-12-32/h4-5,14-16,35,37H,6-13H2,1-3H3,(H,29,30,31). The van der Waals surface area contributed by atoms with Gasteiger partial charge in [-0.2, -0.15) is 4.98 Å². The van der Waals surface area contributed by atoms with Gasteiger partial charge in [0.05, 0.1) is 28.9 Å². The van der Waals surface area contributed by atoms with Crippen molar-refractivity contribution < 1.29 is 19.0 Å². The number of hydrogen-bond donors (Lipinski definition) is 3. The molecule has 1 aliphatic rings. The van der Waals surface area contributed by atoms with E-state index in [4.69, 9.17) is 11.6 Å². The Morgan fingerprint density at radius 2 is 1.86 bits per heavy atom. The lowest BCUT2D eigenvalue weighted by atomic mass is 10.1. The van der Waals surface area contributed by atoms with Crippen molar-refractivity contribution in [3.8, 4) is 0 Å². The maximum Gasteiger partial charge on any atom is 0.329 e. The molecule has 1 unspecified atom stereocenters. The third-order valence-electron chi connectivity index (χ3n) is 6.51. The Bertz CT molecular complexity index is 1310. The molecule has 9 nitrogen and oxygen atoms in total. The number of piperidine rings is 1. The van der Waals surface area contributed by atoms with E-state index in [2.05, 4.69) is 15.3 Å². The molecule has 1 aliphatic heterocycles. The van der Waals surface area contributed by atoms with E-state index in [0.717, 1.165) is 0 Å². The summed E-state index contributed by atoms with van der Waals surface area (Å²) in [6.07, 6.45) is 1.16. The first-order valence-electron chi connectivity index (χ1n) is 12.4. The number of aliphatic hydroxyl groups is 2. The zero-order valence-corrected chi connectivity index (χ0v) is 22.0. The number of nitrogens with zero attached hydrogens (tertiary/aromatic N) is 5. The molecule has 0 aliphatic carbocycles. The number of aliphatic hydroxyl groups excluding tert-OH is 1. The molecule has 0 amide bonds. The Morgan fingerprint density at radius 3 is 2.51 bits per heavy atom. The van der Waals surface area contributed by atoms with Gasteiger partial charge in [0.25, 0.3) is 5.92 Å². The first-order chi connectivity index (χ1) is 17.3. The van der Waals surface area contributed by atoms with Crippen molar-refractivity contribution in [2.45, 2.75) is 77.2 Å². The van der Waals surface area contributed by atoms with Crippen molar-refractivity contribution in [2.75, 3.05) is 23.3 Å². The van der Waals surface area contributed by atoms with E-state index >= 15 is 0 Å². The van der Waals surface area contributed by atoms with E-state index in [1.807, 2.05) is 6.07 Å². The van der Waals surface area contributed by atoms with Crippen molar-refractivity contribution in [3.05, 3.63) is 39.9 Å². The van der Waals surface area contributed by atoms with Crippen LogP contribution in [0.15, 0.2) is 29.2 Å². The highest BCUT2D eigenvalue weighted by molar-refractivity contribution is 6.32. The van der Waals surface area contributed by atoms with Gasteiger partial charge >= 0.3 is 5.69 Å². The van der Waals surface area contributed by atoms with Crippen molar-refractivity contribution in [2.24, 2.45) is 0 Å². The van der Waals surface area contributed by atoms with Crippen LogP contribution in [0.2, 0.25) is 5.02 Å². The smallest absolute Gasteiger partial charge is 0.329 e. The molecule has 3 aromatic rings. The number of aromatic nitrogens is 4. The van der Waals surface area contributed by atoms with Crippen LogP contribution in [-0.2, 0) is 13.1 Å². The van der Waals surface area contributed by atoms with Crippen molar-refractivity contribution >= 4 is 40.1 Å². The van der Waals surface area contributed by atoms with Gasteiger partial charge in [0, 0.05) is 44.7 Å². The van der Waals surface area contributed by atoms with E-state index in [1.54, 1.807) is 46.9 Å². The number of hydrogen-bond acceptors (Lipinski definition) is 7. The van der Waals surface area contributed by atoms with Crippen LogP contribution in [0.5, 0.6) is 0 Å². The minimum absolute atomic E-state index is 0.146. The Hall–Kier alpha value is -2.76. The minimum Gasteiger partial charge on any atom is -0.393 e. The van der Waals surface area contributed by atoms with Crippen LogP contribution in [-0.4, -0.2) is 60.0 Å². The Balaban J connectivity index is 1.65.